The molecule has 0 spiro atoms. The molecule has 2 rings (SSSR count). The van der Waals surface area contributed by atoms with Crippen molar-refractivity contribution in [1.29, 1.82) is 0 Å². The molecule has 5 atom stereocenters. The third-order valence-corrected chi connectivity index (χ3v) is 3.90. The molecular weight excluding hydrogens is 228 g/mol. The van der Waals surface area contributed by atoms with E-state index in [1.54, 1.807) is 7.11 Å². The van der Waals surface area contributed by atoms with Crippen molar-refractivity contribution in [1.82, 2.24) is 0 Å². The Morgan fingerprint density at radius 1 is 1.12 bits per heavy atom. The van der Waals surface area contributed by atoms with Gasteiger partial charge in [0.1, 0.15) is 0 Å². The van der Waals surface area contributed by atoms with Gasteiger partial charge in [0.2, 0.25) is 0 Å². The first kappa shape index (κ1) is 12.6. The summed E-state index contributed by atoms with van der Waals surface area (Å²) < 4.78 is 17.1. The summed E-state index contributed by atoms with van der Waals surface area (Å²) in [6.45, 7) is 4.20. The Labute approximate surface area is 102 Å². The van der Waals surface area contributed by atoms with Crippen LogP contribution in [0.25, 0.3) is 0 Å². The number of methoxy groups -OCH3 is 1. The standard InChI is InChI=1S/C12H21ClO3/c1-7-4-9(5-8(2)15-7)16-11-6-10(13)12(11)14-3/h7-12H,4-6H2,1-3H3. The number of halogens is 1. The monoisotopic (exact) mass is 248 g/mol. The topological polar surface area (TPSA) is 27.7 Å². The molecular formula is C12H21ClO3. The van der Waals surface area contributed by atoms with Gasteiger partial charge >= 0.3 is 0 Å². The summed E-state index contributed by atoms with van der Waals surface area (Å²) in [6, 6.07) is 0. The molecule has 2 aliphatic rings. The van der Waals surface area contributed by atoms with Crippen LogP contribution in [0.15, 0.2) is 0 Å². The minimum Gasteiger partial charge on any atom is -0.377 e. The molecule has 1 aliphatic heterocycles. The number of ether oxygens (including phenoxy) is 3. The van der Waals surface area contributed by atoms with Crippen LogP contribution >= 0.6 is 11.6 Å². The van der Waals surface area contributed by atoms with Crippen LogP contribution < -0.4 is 0 Å². The molecule has 0 aromatic heterocycles. The summed E-state index contributed by atoms with van der Waals surface area (Å²) >= 11 is 6.06. The molecule has 4 heteroatoms. The number of rotatable bonds is 3. The van der Waals surface area contributed by atoms with Crippen LogP contribution in [0.3, 0.4) is 0 Å². The van der Waals surface area contributed by atoms with Crippen LogP contribution in [-0.4, -0.2) is 43.0 Å². The minimum absolute atomic E-state index is 0.0649. The highest BCUT2D eigenvalue weighted by molar-refractivity contribution is 6.21. The van der Waals surface area contributed by atoms with E-state index in [2.05, 4.69) is 13.8 Å². The van der Waals surface area contributed by atoms with Crippen molar-refractivity contribution in [3.63, 3.8) is 0 Å². The predicted molar refractivity (Wildman–Crippen MR) is 63.0 cm³/mol. The Bertz CT molecular complexity index is 226. The summed E-state index contributed by atoms with van der Waals surface area (Å²) in [6.07, 6.45) is 3.98. The second-order valence-electron chi connectivity index (χ2n) is 4.98. The molecule has 1 heterocycles. The lowest BCUT2D eigenvalue weighted by Gasteiger charge is -2.43. The lowest BCUT2D eigenvalue weighted by atomic mass is 9.90. The lowest BCUT2D eigenvalue weighted by molar-refractivity contribution is -0.174. The van der Waals surface area contributed by atoms with Crippen molar-refractivity contribution in [3.05, 3.63) is 0 Å². The number of hydrogen-bond donors (Lipinski definition) is 0. The van der Waals surface area contributed by atoms with Crippen molar-refractivity contribution in [2.24, 2.45) is 0 Å². The largest absolute Gasteiger partial charge is 0.377 e. The van der Waals surface area contributed by atoms with Crippen molar-refractivity contribution in [3.8, 4) is 0 Å². The highest BCUT2D eigenvalue weighted by Gasteiger charge is 2.43. The molecule has 0 N–H and O–H groups in total. The van der Waals surface area contributed by atoms with Gasteiger partial charge in [0.05, 0.1) is 35.9 Å². The molecule has 0 bridgehead atoms. The van der Waals surface area contributed by atoms with E-state index in [9.17, 15) is 0 Å². The van der Waals surface area contributed by atoms with Gasteiger partial charge in [0, 0.05) is 7.11 Å². The zero-order valence-corrected chi connectivity index (χ0v) is 10.9. The van der Waals surface area contributed by atoms with Crippen LogP contribution in [0, 0.1) is 0 Å². The quantitative estimate of drug-likeness (QED) is 0.718. The second-order valence-corrected chi connectivity index (χ2v) is 5.54. The van der Waals surface area contributed by atoms with Crippen molar-refractivity contribution < 1.29 is 14.2 Å². The van der Waals surface area contributed by atoms with Gasteiger partial charge in [-0.15, -0.1) is 11.6 Å². The van der Waals surface area contributed by atoms with Gasteiger partial charge in [0.25, 0.3) is 0 Å². The Hall–Kier alpha value is 0.170. The van der Waals surface area contributed by atoms with E-state index in [-0.39, 0.29) is 17.6 Å². The fourth-order valence-corrected chi connectivity index (χ4v) is 3.10. The van der Waals surface area contributed by atoms with E-state index in [4.69, 9.17) is 25.8 Å². The van der Waals surface area contributed by atoms with Crippen LogP contribution in [-0.2, 0) is 14.2 Å². The molecule has 1 aliphatic carbocycles. The van der Waals surface area contributed by atoms with E-state index >= 15 is 0 Å². The van der Waals surface area contributed by atoms with Gasteiger partial charge in [-0.1, -0.05) is 0 Å². The van der Waals surface area contributed by atoms with Crippen LogP contribution in [0.2, 0.25) is 0 Å². The van der Waals surface area contributed by atoms with E-state index in [0.29, 0.717) is 18.3 Å². The van der Waals surface area contributed by atoms with Crippen molar-refractivity contribution in [2.75, 3.05) is 7.11 Å². The van der Waals surface area contributed by atoms with Gasteiger partial charge in [0.15, 0.2) is 0 Å². The highest BCUT2D eigenvalue weighted by Crippen LogP contribution is 2.34. The van der Waals surface area contributed by atoms with E-state index in [1.807, 2.05) is 0 Å². The summed E-state index contributed by atoms with van der Waals surface area (Å²) in [5, 5.41) is 0.115. The zero-order chi connectivity index (χ0) is 11.7. The summed E-state index contributed by atoms with van der Waals surface area (Å²) in [7, 11) is 1.70. The van der Waals surface area contributed by atoms with Crippen LogP contribution in [0.1, 0.15) is 33.1 Å². The Morgan fingerprint density at radius 3 is 2.25 bits per heavy atom. The molecule has 2 fully saturated rings. The molecule has 0 aromatic rings. The van der Waals surface area contributed by atoms with Crippen LogP contribution in [0.5, 0.6) is 0 Å². The normalized spacial score (nSPS) is 48.8. The average Bonchev–Trinajstić information content (AvgIpc) is 2.15. The molecule has 1 saturated heterocycles. The summed E-state index contributed by atoms with van der Waals surface area (Å²) in [5.74, 6) is 0. The average molecular weight is 249 g/mol. The zero-order valence-electron chi connectivity index (χ0n) is 10.2. The van der Waals surface area contributed by atoms with Gasteiger partial charge in [-0.2, -0.15) is 0 Å². The van der Waals surface area contributed by atoms with Gasteiger partial charge in [-0.3, -0.25) is 0 Å². The minimum atomic E-state index is 0.0649. The molecule has 3 nitrogen and oxygen atoms in total. The first-order chi connectivity index (χ1) is 7.60. The maximum absolute atomic E-state index is 6.06. The predicted octanol–water partition coefficient (Wildman–Crippen LogP) is 2.35. The highest BCUT2D eigenvalue weighted by atomic mass is 35.5. The first-order valence-corrected chi connectivity index (χ1v) is 6.51. The van der Waals surface area contributed by atoms with Crippen LogP contribution in [0.4, 0.5) is 0 Å². The van der Waals surface area contributed by atoms with Crippen molar-refractivity contribution >= 4 is 11.6 Å². The first-order valence-electron chi connectivity index (χ1n) is 6.08. The van der Waals surface area contributed by atoms with Gasteiger partial charge in [-0.05, 0) is 33.1 Å². The maximum Gasteiger partial charge on any atom is 0.0997 e. The molecule has 1 saturated carbocycles. The Balaban J connectivity index is 1.81. The Morgan fingerprint density at radius 2 is 1.75 bits per heavy atom. The molecule has 16 heavy (non-hydrogen) atoms. The van der Waals surface area contributed by atoms with Gasteiger partial charge < -0.3 is 14.2 Å². The third kappa shape index (κ3) is 2.70. The van der Waals surface area contributed by atoms with Gasteiger partial charge in [-0.25, -0.2) is 0 Å². The number of hydrogen-bond acceptors (Lipinski definition) is 3. The smallest absolute Gasteiger partial charge is 0.0997 e. The molecule has 0 amide bonds. The second kappa shape index (κ2) is 5.21. The fourth-order valence-electron chi connectivity index (χ4n) is 2.66. The van der Waals surface area contributed by atoms with E-state index < -0.39 is 0 Å². The fraction of sp³-hybridized carbons (Fsp3) is 1.00. The molecule has 94 valence electrons. The van der Waals surface area contributed by atoms with Crippen molar-refractivity contribution in [2.45, 2.75) is 69.0 Å². The third-order valence-electron chi connectivity index (χ3n) is 3.47. The molecule has 0 aromatic carbocycles. The van der Waals surface area contributed by atoms with E-state index in [0.717, 1.165) is 19.3 Å². The summed E-state index contributed by atoms with van der Waals surface area (Å²) in [4.78, 5) is 0. The molecule has 0 radical (unpaired) electrons. The lowest BCUT2D eigenvalue weighted by Crippen LogP contribution is -2.52. The maximum atomic E-state index is 6.06. The molecule has 5 unspecified atom stereocenters. The Kier molecular flexibility index (Phi) is 4.11. The number of alkyl halides is 1. The SMILES string of the molecule is COC1C(Cl)CC1OC1CC(C)OC(C)C1. The summed E-state index contributed by atoms with van der Waals surface area (Å²) in [5.41, 5.74) is 0. The van der Waals surface area contributed by atoms with E-state index in [1.165, 1.54) is 0 Å².